The summed E-state index contributed by atoms with van der Waals surface area (Å²) in [7, 11) is 0. The normalized spacial score (nSPS) is 20.6. The predicted molar refractivity (Wildman–Crippen MR) is 124 cm³/mol. The molecule has 0 spiro atoms. The highest BCUT2D eigenvalue weighted by molar-refractivity contribution is 6.35. The number of hydrogen-bond donors (Lipinski definition) is 1. The molecule has 1 N–H and O–H groups in total. The van der Waals surface area contributed by atoms with Crippen LogP contribution < -0.4 is 5.32 Å². The summed E-state index contributed by atoms with van der Waals surface area (Å²) < 4.78 is 8.47. The highest BCUT2D eigenvalue weighted by atomic mass is 35.5. The van der Waals surface area contributed by atoms with Crippen molar-refractivity contribution in [3.05, 3.63) is 94.0 Å². The van der Waals surface area contributed by atoms with Crippen molar-refractivity contribution in [1.29, 1.82) is 0 Å². The maximum Gasteiger partial charge on any atom is 0.251 e. The second-order valence-corrected chi connectivity index (χ2v) is 8.99. The molecule has 0 bridgehead atoms. The molecule has 0 radical (unpaired) electrons. The molecule has 0 fully saturated rings. The van der Waals surface area contributed by atoms with Crippen LogP contribution in [0.15, 0.2) is 65.1 Å². The average molecular weight is 453 g/mol. The highest BCUT2D eigenvalue weighted by Crippen LogP contribution is 2.46. The molecule has 1 aliphatic carbocycles. The van der Waals surface area contributed by atoms with Crippen LogP contribution in [0.1, 0.15) is 45.2 Å². The Labute approximate surface area is 190 Å². The summed E-state index contributed by atoms with van der Waals surface area (Å²) in [6.45, 7) is 4.14. The molecule has 31 heavy (non-hydrogen) atoms. The SMILES string of the molecule is Cc1ccc(C)n1C1Cc2oc3c(Cl)cccc3c2C(NC(=O)c2ccccc2)C1Cl. The number of aryl methyl sites for hydroxylation is 2. The summed E-state index contributed by atoms with van der Waals surface area (Å²) in [5.41, 5.74) is 4.39. The Bertz CT molecular complexity index is 1260. The van der Waals surface area contributed by atoms with Crippen LogP contribution in [0.25, 0.3) is 11.0 Å². The van der Waals surface area contributed by atoms with E-state index in [1.807, 2.05) is 36.4 Å². The minimum Gasteiger partial charge on any atom is -0.459 e. The van der Waals surface area contributed by atoms with E-state index in [0.29, 0.717) is 22.6 Å². The number of hydrogen-bond acceptors (Lipinski definition) is 2. The van der Waals surface area contributed by atoms with E-state index in [4.69, 9.17) is 27.6 Å². The summed E-state index contributed by atoms with van der Waals surface area (Å²) >= 11 is 13.6. The summed E-state index contributed by atoms with van der Waals surface area (Å²) in [6.07, 6.45) is 0.628. The van der Waals surface area contributed by atoms with Gasteiger partial charge in [0.25, 0.3) is 5.91 Å². The number of halogens is 2. The Kier molecular flexibility index (Phi) is 5.07. The first-order valence-electron chi connectivity index (χ1n) is 10.3. The minimum atomic E-state index is -0.427. The first-order valence-corrected chi connectivity index (χ1v) is 11.1. The quantitative estimate of drug-likeness (QED) is 0.366. The fourth-order valence-electron chi connectivity index (χ4n) is 4.73. The molecule has 1 amide bonds. The molecule has 0 aliphatic heterocycles. The van der Waals surface area contributed by atoms with Gasteiger partial charge in [-0.1, -0.05) is 41.9 Å². The van der Waals surface area contributed by atoms with Crippen molar-refractivity contribution in [1.82, 2.24) is 9.88 Å². The maximum atomic E-state index is 13.1. The Hall–Kier alpha value is -2.69. The van der Waals surface area contributed by atoms with E-state index in [9.17, 15) is 4.79 Å². The van der Waals surface area contributed by atoms with Crippen LogP contribution in [0.2, 0.25) is 5.02 Å². The third kappa shape index (κ3) is 3.35. The van der Waals surface area contributed by atoms with Crippen molar-refractivity contribution in [2.45, 2.75) is 37.7 Å². The standard InChI is InChI=1S/C25H22Cl2N2O2/c1-14-11-12-15(2)29(14)19-13-20-21(17-9-6-10-18(26)24(17)31-20)23(22(19)27)28-25(30)16-7-4-3-5-8-16/h3-12,19,22-23H,13H2,1-2H3,(H,28,30). The van der Waals surface area contributed by atoms with Gasteiger partial charge in [-0.15, -0.1) is 11.6 Å². The fraction of sp³-hybridized carbons (Fsp3) is 0.240. The molecule has 4 nitrogen and oxygen atoms in total. The number of nitrogens with zero attached hydrogens (tertiary/aromatic N) is 1. The molecule has 3 atom stereocenters. The molecule has 0 saturated heterocycles. The van der Waals surface area contributed by atoms with Crippen molar-refractivity contribution >= 4 is 40.1 Å². The fourth-order valence-corrected chi connectivity index (χ4v) is 5.34. The van der Waals surface area contributed by atoms with Gasteiger partial charge in [0.1, 0.15) is 5.76 Å². The van der Waals surface area contributed by atoms with Crippen LogP contribution in [-0.2, 0) is 6.42 Å². The number of rotatable bonds is 3. The summed E-state index contributed by atoms with van der Waals surface area (Å²) in [4.78, 5) is 13.1. The molecule has 0 saturated carbocycles. The Morgan fingerprint density at radius 3 is 2.45 bits per heavy atom. The van der Waals surface area contributed by atoms with E-state index in [0.717, 1.165) is 28.1 Å². The zero-order chi connectivity index (χ0) is 21.7. The van der Waals surface area contributed by atoms with E-state index in [1.54, 1.807) is 12.1 Å². The first-order chi connectivity index (χ1) is 15.0. The smallest absolute Gasteiger partial charge is 0.251 e. The van der Waals surface area contributed by atoms with Crippen LogP contribution in [0.5, 0.6) is 0 Å². The number of carbonyl (C=O) groups is 1. The van der Waals surface area contributed by atoms with Gasteiger partial charge in [0, 0.05) is 34.3 Å². The number of nitrogens with one attached hydrogen (secondary N) is 1. The van der Waals surface area contributed by atoms with E-state index in [2.05, 4.69) is 35.9 Å². The minimum absolute atomic E-state index is 0.0652. The highest BCUT2D eigenvalue weighted by Gasteiger charge is 2.41. The molecule has 1 aliphatic rings. The second kappa shape index (κ2) is 7.77. The zero-order valence-electron chi connectivity index (χ0n) is 17.2. The number of para-hydroxylation sites is 1. The molecular weight excluding hydrogens is 431 g/mol. The molecular formula is C25H22Cl2N2O2. The Balaban J connectivity index is 1.64. The van der Waals surface area contributed by atoms with Gasteiger partial charge in [-0.3, -0.25) is 4.79 Å². The Morgan fingerprint density at radius 1 is 1.03 bits per heavy atom. The van der Waals surface area contributed by atoms with Crippen LogP contribution in [0.3, 0.4) is 0 Å². The molecule has 158 valence electrons. The van der Waals surface area contributed by atoms with E-state index in [1.165, 1.54) is 0 Å². The van der Waals surface area contributed by atoms with E-state index in [-0.39, 0.29) is 17.3 Å². The summed E-state index contributed by atoms with van der Waals surface area (Å²) in [5.74, 6) is 0.649. The number of amides is 1. The Morgan fingerprint density at radius 2 is 1.74 bits per heavy atom. The number of alkyl halides is 1. The second-order valence-electron chi connectivity index (χ2n) is 8.07. The number of furan rings is 1. The summed E-state index contributed by atoms with van der Waals surface area (Å²) in [5, 5.41) is 4.26. The van der Waals surface area contributed by atoms with Crippen molar-refractivity contribution in [2.24, 2.45) is 0 Å². The van der Waals surface area contributed by atoms with Gasteiger partial charge in [0.05, 0.1) is 22.5 Å². The molecule has 4 aromatic rings. The van der Waals surface area contributed by atoms with Crippen LogP contribution >= 0.6 is 23.2 Å². The molecule has 3 unspecified atom stereocenters. The molecule has 5 rings (SSSR count). The van der Waals surface area contributed by atoms with E-state index >= 15 is 0 Å². The van der Waals surface area contributed by atoms with Crippen molar-refractivity contribution < 1.29 is 9.21 Å². The van der Waals surface area contributed by atoms with Crippen LogP contribution in [0.4, 0.5) is 0 Å². The number of fused-ring (bicyclic) bond motifs is 3. The van der Waals surface area contributed by atoms with Gasteiger partial charge in [0.2, 0.25) is 0 Å². The number of carbonyl (C=O) groups excluding carboxylic acids is 1. The number of aromatic nitrogens is 1. The zero-order valence-corrected chi connectivity index (χ0v) is 18.7. The monoisotopic (exact) mass is 452 g/mol. The van der Waals surface area contributed by atoms with Gasteiger partial charge in [-0.05, 0) is 44.2 Å². The molecule has 2 aromatic heterocycles. The van der Waals surface area contributed by atoms with Crippen LogP contribution in [0, 0.1) is 13.8 Å². The van der Waals surface area contributed by atoms with Crippen molar-refractivity contribution in [2.75, 3.05) is 0 Å². The van der Waals surface area contributed by atoms with Crippen molar-refractivity contribution in [3.63, 3.8) is 0 Å². The lowest BCUT2D eigenvalue weighted by Gasteiger charge is -2.36. The van der Waals surface area contributed by atoms with Gasteiger partial charge < -0.3 is 14.3 Å². The largest absolute Gasteiger partial charge is 0.459 e. The van der Waals surface area contributed by atoms with Gasteiger partial charge in [-0.25, -0.2) is 0 Å². The third-order valence-corrected chi connectivity index (χ3v) is 6.99. The van der Waals surface area contributed by atoms with Crippen molar-refractivity contribution in [3.8, 4) is 0 Å². The third-order valence-electron chi connectivity index (χ3n) is 6.15. The first kappa shape index (κ1) is 20.2. The van der Waals surface area contributed by atoms with Gasteiger partial charge in [0.15, 0.2) is 5.58 Å². The van der Waals surface area contributed by atoms with Gasteiger partial charge >= 0.3 is 0 Å². The summed E-state index contributed by atoms with van der Waals surface area (Å²) in [6, 6.07) is 18.5. The molecule has 6 heteroatoms. The number of benzene rings is 2. The maximum absolute atomic E-state index is 13.1. The average Bonchev–Trinajstić information content (AvgIpc) is 3.31. The van der Waals surface area contributed by atoms with E-state index < -0.39 is 6.04 Å². The lowest BCUT2D eigenvalue weighted by molar-refractivity contribution is 0.0929. The predicted octanol–water partition coefficient (Wildman–Crippen LogP) is 6.38. The van der Waals surface area contributed by atoms with Gasteiger partial charge in [-0.2, -0.15) is 0 Å². The lowest BCUT2D eigenvalue weighted by Crippen LogP contribution is -2.42. The van der Waals surface area contributed by atoms with Crippen LogP contribution in [-0.4, -0.2) is 15.9 Å². The molecule has 2 heterocycles. The topological polar surface area (TPSA) is 47.2 Å². The molecule has 2 aromatic carbocycles. The lowest BCUT2D eigenvalue weighted by atomic mass is 9.86.